The third kappa shape index (κ3) is 3.35. The fourth-order valence-electron chi connectivity index (χ4n) is 4.33. The fraction of sp³-hybridized carbons (Fsp3) is 0.348. The first kappa shape index (κ1) is 18.8. The maximum Gasteiger partial charge on any atom is 0.315 e. The van der Waals surface area contributed by atoms with Gasteiger partial charge in [-0.25, -0.2) is 0 Å². The van der Waals surface area contributed by atoms with E-state index < -0.39 is 5.92 Å². The first-order chi connectivity index (χ1) is 13.6. The second-order valence-electron chi connectivity index (χ2n) is 7.28. The van der Waals surface area contributed by atoms with Crippen LogP contribution in [-0.2, 0) is 14.3 Å². The summed E-state index contributed by atoms with van der Waals surface area (Å²) >= 11 is 1.58. The van der Waals surface area contributed by atoms with Crippen molar-refractivity contribution in [3.63, 3.8) is 0 Å². The van der Waals surface area contributed by atoms with E-state index in [9.17, 15) is 9.59 Å². The van der Waals surface area contributed by atoms with E-state index in [4.69, 9.17) is 9.73 Å². The number of ether oxygens (including phenoxy) is 1. The standard InChI is InChI=1S/C23H23NO3S/c1-3-27-23(26)20-14(2)24-17-12-16(15-8-5-4-6-9-15)13-18(25)21(17)22(20)19-10-7-11-28-19/h4-11,16,20,22H,3,12-13H2,1-2H3/t16-,20?,22-/m0/s1. The molecule has 1 aliphatic heterocycles. The smallest absolute Gasteiger partial charge is 0.315 e. The first-order valence-electron chi connectivity index (χ1n) is 9.66. The minimum atomic E-state index is -0.533. The summed E-state index contributed by atoms with van der Waals surface area (Å²) in [7, 11) is 0. The zero-order valence-electron chi connectivity index (χ0n) is 16.1. The van der Waals surface area contributed by atoms with Gasteiger partial charge in [0.2, 0.25) is 0 Å². The molecule has 0 saturated heterocycles. The molecule has 1 aromatic carbocycles. The highest BCUT2D eigenvalue weighted by atomic mass is 32.1. The van der Waals surface area contributed by atoms with E-state index in [0.717, 1.165) is 28.3 Å². The predicted molar refractivity (Wildman–Crippen MR) is 111 cm³/mol. The van der Waals surface area contributed by atoms with Gasteiger partial charge in [0.1, 0.15) is 5.92 Å². The molecule has 1 aromatic heterocycles. The third-order valence-electron chi connectivity index (χ3n) is 5.55. The Bertz CT molecular complexity index is 943. The number of esters is 1. The van der Waals surface area contributed by atoms with E-state index in [0.29, 0.717) is 18.6 Å². The molecule has 0 amide bonds. The highest BCUT2D eigenvalue weighted by Gasteiger charge is 2.45. The Morgan fingerprint density at radius 3 is 2.64 bits per heavy atom. The quantitative estimate of drug-likeness (QED) is 0.695. The van der Waals surface area contributed by atoms with E-state index in [1.54, 1.807) is 18.3 Å². The minimum absolute atomic E-state index is 0.0963. The highest BCUT2D eigenvalue weighted by Crippen LogP contribution is 2.47. The molecular formula is C23H23NO3S. The molecule has 4 rings (SSSR count). The van der Waals surface area contributed by atoms with Crippen molar-refractivity contribution >= 4 is 28.8 Å². The van der Waals surface area contributed by atoms with Gasteiger partial charge >= 0.3 is 5.97 Å². The summed E-state index contributed by atoms with van der Waals surface area (Å²) in [5.74, 6) is -0.900. The lowest BCUT2D eigenvalue weighted by molar-refractivity contribution is -0.146. The Hall–Kier alpha value is -2.53. The number of nitrogens with zero attached hydrogens (tertiary/aromatic N) is 1. The molecule has 0 bridgehead atoms. The zero-order chi connectivity index (χ0) is 19.7. The van der Waals surface area contributed by atoms with Gasteiger partial charge in [-0.15, -0.1) is 11.3 Å². The Labute approximate surface area is 169 Å². The van der Waals surface area contributed by atoms with Crippen LogP contribution in [-0.4, -0.2) is 24.1 Å². The highest BCUT2D eigenvalue weighted by molar-refractivity contribution is 7.10. The Kier molecular flexibility index (Phi) is 5.27. The number of Topliss-reactive ketones (excluding diaryl/α,β-unsaturated/α-hetero) is 1. The third-order valence-corrected chi connectivity index (χ3v) is 6.51. The van der Waals surface area contributed by atoms with Crippen molar-refractivity contribution in [2.75, 3.05) is 6.61 Å². The van der Waals surface area contributed by atoms with Gasteiger partial charge < -0.3 is 4.74 Å². The van der Waals surface area contributed by atoms with E-state index in [2.05, 4.69) is 12.1 Å². The van der Waals surface area contributed by atoms with Gasteiger partial charge in [-0.3, -0.25) is 14.6 Å². The topological polar surface area (TPSA) is 55.7 Å². The summed E-state index contributed by atoms with van der Waals surface area (Å²) in [6.07, 6.45) is 1.18. The van der Waals surface area contributed by atoms with Crippen LogP contribution >= 0.6 is 11.3 Å². The average Bonchev–Trinajstić information content (AvgIpc) is 3.22. The number of benzene rings is 1. The second kappa shape index (κ2) is 7.84. The summed E-state index contributed by atoms with van der Waals surface area (Å²) in [6, 6.07) is 14.1. The van der Waals surface area contributed by atoms with Crippen LogP contribution in [0.2, 0.25) is 0 Å². The maximum atomic E-state index is 13.3. The first-order valence-corrected chi connectivity index (χ1v) is 10.5. The van der Waals surface area contributed by atoms with Crippen molar-refractivity contribution in [1.29, 1.82) is 0 Å². The molecule has 2 aliphatic rings. The SMILES string of the molecule is CCOC(=O)C1C(C)=NC2=C(C(=O)C[C@@H](c3ccccc3)C2)[C@H]1c1cccs1. The summed E-state index contributed by atoms with van der Waals surface area (Å²) < 4.78 is 5.34. The van der Waals surface area contributed by atoms with Gasteiger partial charge in [0, 0.05) is 34.2 Å². The number of ketones is 1. The molecule has 2 aromatic rings. The number of hydrogen-bond donors (Lipinski definition) is 0. The normalized spacial score (nSPS) is 24.6. The number of thiophene rings is 1. The largest absolute Gasteiger partial charge is 0.465 e. The number of aliphatic imine (C=N–C) groups is 1. The predicted octanol–water partition coefficient (Wildman–Crippen LogP) is 4.89. The van der Waals surface area contributed by atoms with Gasteiger partial charge in [0.05, 0.1) is 6.61 Å². The molecule has 2 heterocycles. The summed E-state index contributed by atoms with van der Waals surface area (Å²) in [4.78, 5) is 31.8. The Morgan fingerprint density at radius 1 is 1.18 bits per heavy atom. The number of hydrogen-bond acceptors (Lipinski definition) is 5. The van der Waals surface area contributed by atoms with Crippen molar-refractivity contribution in [2.45, 2.75) is 38.5 Å². The van der Waals surface area contributed by atoms with E-state index in [1.165, 1.54) is 0 Å². The zero-order valence-corrected chi connectivity index (χ0v) is 16.9. The van der Waals surface area contributed by atoms with Crippen molar-refractivity contribution in [2.24, 2.45) is 10.9 Å². The van der Waals surface area contributed by atoms with Crippen LogP contribution < -0.4 is 0 Å². The van der Waals surface area contributed by atoms with Crippen molar-refractivity contribution < 1.29 is 14.3 Å². The molecule has 5 heteroatoms. The molecule has 0 N–H and O–H groups in total. The van der Waals surface area contributed by atoms with E-state index in [1.807, 2.05) is 42.6 Å². The van der Waals surface area contributed by atoms with Gasteiger partial charge in [0.25, 0.3) is 0 Å². The van der Waals surface area contributed by atoms with Gasteiger partial charge in [-0.1, -0.05) is 36.4 Å². The van der Waals surface area contributed by atoms with Crippen LogP contribution in [0.4, 0.5) is 0 Å². The summed E-state index contributed by atoms with van der Waals surface area (Å²) in [5.41, 5.74) is 3.44. The van der Waals surface area contributed by atoms with Crippen LogP contribution in [0.5, 0.6) is 0 Å². The molecule has 0 radical (unpaired) electrons. The Balaban J connectivity index is 1.77. The van der Waals surface area contributed by atoms with Gasteiger partial charge in [-0.2, -0.15) is 0 Å². The fourth-order valence-corrected chi connectivity index (χ4v) is 5.21. The number of rotatable bonds is 4. The van der Waals surface area contributed by atoms with Crippen molar-refractivity contribution in [3.8, 4) is 0 Å². The summed E-state index contributed by atoms with van der Waals surface area (Å²) in [5, 5.41) is 1.99. The van der Waals surface area contributed by atoms with Crippen LogP contribution in [0.1, 0.15) is 49.0 Å². The van der Waals surface area contributed by atoms with Gasteiger partial charge in [0.15, 0.2) is 5.78 Å². The molecule has 0 fully saturated rings. The Morgan fingerprint density at radius 2 is 1.96 bits per heavy atom. The van der Waals surface area contributed by atoms with E-state index >= 15 is 0 Å². The molecule has 1 aliphatic carbocycles. The summed E-state index contributed by atoms with van der Waals surface area (Å²) in [6.45, 7) is 3.99. The molecule has 4 nitrogen and oxygen atoms in total. The molecule has 28 heavy (non-hydrogen) atoms. The molecule has 3 atom stereocenters. The van der Waals surface area contributed by atoms with Crippen LogP contribution in [0, 0.1) is 5.92 Å². The molecule has 0 saturated carbocycles. The average molecular weight is 394 g/mol. The number of carbonyl (C=O) groups is 2. The van der Waals surface area contributed by atoms with E-state index in [-0.39, 0.29) is 23.6 Å². The molecule has 1 unspecified atom stereocenters. The lowest BCUT2D eigenvalue weighted by Gasteiger charge is -2.35. The van der Waals surface area contributed by atoms with Crippen LogP contribution in [0.25, 0.3) is 0 Å². The van der Waals surface area contributed by atoms with Crippen LogP contribution in [0.15, 0.2) is 64.1 Å². The lowest BCUT2D eigenvalue weighted by atomic mass is 9.71. The molecule has 144 valence electrons. The minimum Gasteiger partial charge on any atom is -0.465 e. The number of allylic oxidation sites excluding steroid dienone is 2. The van der Waals surface area contributed by atoms with Crippen molar-refractivity contribution in [1.82, 2.24) is 0 Å². The monoisotopic (exact) mass is 393 g/mol. The van der Waals surface area contributed by atoms with Gasteiger partial charge in [-0.05, 0) is 43.2 Å². The maximum absolute atomic E-state index is 13.3. The molecular weight excluding hydrogens is 370 g/mol. The second-order valence-corrected chi connectivity index (χ2v) is 8.25. The number of carbonyl (C=O) groups excluding carboxylic acids is 2. The molecule has 0 spiro atoms. The lowest BCUT2D eigenvalue weighted by Crippen LogP contribution is -2.37. The van der Waals surface area contributed by atoms with Crippen LogP contribution in [0.3, 0.4) is 0 Å². The van der Waals surface area contributed by atoms with Crippen molar-refractivity contribution in [3.05, 3.63) is 69.6 Å².